The minimum atomic E-state index is -4.69. The molecule has 1 aliphatic rings. The van der Waals surface area contributed by atoms with Crippen molar-refractivity contribution in [1.82, 2.24) is 29.5 Å². The predicted octanol–water partition coefficient (Wildman–Crippen LogP) is 8.26. The summed E-state index contributed by atoms with van der Waals surface area (Å²) in [6, 6.07) is 12.2. The Morgan fingerprint density at radius 2 is 1.84 bits per heavy atom. The van der Waals surface area contributed by atoms with E-state index < -0.39 is 49.3 Å². The molecule has 1 aliphatic heterocycles. The molecule has 0 bridgehead atoms. The maximum absolute atomic E-state index is 14.4. The van der Waals surface area contributed by atoms with Gasteiger partial charge in [0.15, 0.2) is 11.9 Å². The minimum absolute atomic E-state index is 0.00288. The molecule has 0 N–H and O–H groups in total. The maximum atomic E-state index is 14.4. The highest BCUT2D eigenvalue weighted by Crippen LogP contribution is 2.49. The number of carbonyl (C=O) groups is 1. The lowest BCUT2D eigenvalue weighted by Crippen LogP contribution is -2.45. The molecule has 7 rings (SSSR count). The van der Waals surface area contributed by atoms with Crippen molar-refractivity contribution in [2.75, 3.05) is 46.4 Å². The number of likely N-dealkylation sites (N-methyl/N-ethyl adjacent to an activating group) is 1. The molecule has 0 amide bonds. The number of furan rings is 1. The summed E-state index contributed by atoms with van der Waals surface area (Å²) in [4.78, 5) is 27.6. The molecular formula is C40H39ClF4N6O5S. The van der Waals surface area contributed by atoms with Crippen molar-refractivity contribution in [3.8, 4) is 39.1 Å². The van der Waals surface area contributed by atoms with Gasteiger partial charge in [-0.25, -0.2) is 9.97 Å². The van der Waals surface area contributed by atoms with E-state index in [0.717, 1.165) is 56.3 Å². The van der Waals surface area contributed by atoms with Crippen molar-refractivity contribution in [3.05, 3.63) is 95.0 Å². The highest BCUT2D eigenvalue weighted by molar-refractivity contribution is 7.22. The Bertz CT molecular complexity index is 2490. The Hall–Kier alpha value is -5.03. The first-order valence-corrected chi connectivity index (χ1v) is 19.0. The lowest BCUT2D eigenvalue weighted by atomic mass is 9.97. The zero-order valence-electron chi connectivity index (χ0n) is 34.0. The number of para-hydroxylation sites is 1. The van der Waals surface area contributed by atoms with Crippen LogP contribution in [0.15, 0.2) is 71.5 Å². The van der Waals surface area contributed by atoms with Crippen LogP contribution in [-0.2, 0) is 24.3 Å². The average Bonchev–Trinajstić information content (AvgIpc) is 3.94. The molecule has 0 saturated carbocycles. The van der Waals surface area contributed by atoms with Gasteiger partial charge in [-0.2, -0.15) is 22.7 Å². The first kappa shape index (κ1) is 36.3. The zero-order chi connectivity index (χ0) is 42.9. The van der Waals surface area contributed by atoms with Gasteiger partial charge in [0.1, 0.15) is 48.1 Å². The Balaban J connectivity index is 1.23. The van der Waals surface area contributed by atoms with Crippen molar-refractivity contribution in [1.29, 1.82) is 0 Å². The lowest BCUT2D eigenvalue weighted by Gasteiger charge is -2.32. The van der Waals surface area contributed by atoms with Gasteiger partial charge < -0.3 is 23.5 Å². The van der Waals surface area contributed by atoms with E-state index in [-0.39, 0.29) is 23.0 Å². The van der Waals surface area contributed by atoms with Crippen LogP contribution >= 0.6 is 22.9 Å². The van der Waals surface area contributed by atoms with E-state index in [1.807, 2.05) is 0 Å². The number of Topliss-reactive ketones (excluding diaryl/α,β-unsaturated/α-hetero) is 1. The number of benzene rings is 2. The highest BCUT2D eigenvalue weighted by atomic mass is 35.5. The number of alkyl halides is 3. The van der Waals surface area contributed by atoms with Gasteiger partial charge in [-0.1, -0.05) is 35.9 Å². The largest absolute Gasteiger partial charge is 0.491 e. The Labute approximate surface area is 338 Å². The normalized spacial score (nSPS) is 16.2. The quantitative estimate of drug-likeness (QED) is 0.0940. The molecule has 1 saturated heterocycles. The van der Waals surface area contributed by atoms with E-state index in [1.165, 1.54) is 49.6 Å². The Morgan fingerprint density at radius 3 is 2.58 bits per heavy atom. The summed E-state index contributed by atoms with van der Waals surface area (Å²) >= 11 is 8.12. The first-order chi connectivity index (χ1) is 28.5. The molecule has 2 aromatic carbocycles. The van der Waals surface area contributed by atoms with Crippen LogP contribution in [0.1, 0.15) is 27.9 Å². The summed E-state index contributed by atoms with van der Waals surface area (Å²) in [6.45, 7) is 3.55. The van der Waals surface area contributed by atoms with Gasteiger partial charge in [0.05, 0.1) is 23.7 Å². The SMILES string of the molecule is [2H][C@@H](c1ccccc1OC([2H])([2H])c1ccnn1CC(F)(F)F)[C@@H](Oc1ncnc2sc(-c3ccc(F)o3)c(-c3ccc(OCCN4CCN(C)CC4)c(Cl)c3C)c12)C(C)=O. The second kappa shape index (κ2) is 17.2. The number of nitrogens with zero attached hydrogens (tertiary/aromatic N) is 6. The van der Waals surface area contributed by atoms with E-state index in [1.54, 1.807) is 19.1 Å². The summed E-state index contributed by atoms with van der Waals surface area (Å²) in [7, 11) is 2.09. The van der Waals surface area contributed by atoms with Crippen LogP contribution in [0.3, 0.4) is 0 Å². The van der Waals surface area contributed by atoms with Crippen LogP contribution in [0, 0.1) is 12.9 Å². The molecule has 17 heteroatoms. The van der Waals surface area contributed by atoms with Gasteiger partial charge in [0, 0.05) is 58.3 Å². The third-order valence-electron chi connectivity index (χ3n) is 9.33. The number of piperazine rings is 1. The van der Waals surface area contributed by atoms with Crippen molar-refractivity contribution >= 4 is 38.9 Å². The number of hydrogen-bond donors (Lipinski definition) is 0. The number of thiophene rings is 1. The minimum Gasteiger partial charge on any atom is -0.491 e. The van der Waals surface area contributed by atoms with Gasteiger partial charge in [-0.15, -0.1) is 11.3 Å². The van der Waals surface area contributed by atoms with E-state index in [2.05, 4.69) is 31.9 Å². The lowest BCUT2D eigenvalue weighted by molar-refractivity contribution is -0.143. The molecule has 5 heterocycles. The van der Waals surface area contributed by atoms with Crippen LogP contribution in [0.4, 0.5) is 17.6 Å². The molecule has 1 fully saturated rings. The molecule has 4 aromatic heterocycles. The van der Waals surface area contributed by atoms with E-state index in [9.17, 15) is 23.7 Å². The first-order valence-electron chi connectivity index (χ1n) is 19.4. The van der Waals surface area contributed by atoms with E-state index >= 15 is 0 Å². The van der Waals surface area contributed by atoms with Crippen LogP contribution in [0.5, 0.6) is 17.4 Å². The second-order valence-corrected chi connectivity index (χ2v) is 14.7. The van der Waals surface area contributed by atoms with Gasteiger partial charge in [0.25, 0.3) is 6.01 Å². The van der Waals surface area contributed by atoms with Crippen LogP contribution < -0.4 is 14.2 Å². The molecule has 0 spiro atoms. The number of halogens is 5. The van der Waals surface area contributed by atoms with Crippen LogP contribution in [0.25, 0.3) is 32.0 Å². The summed E-state index contributed by atoms with van der Waals surface area (Å²) in [5.74, 6) is -0.286. The predicted molar refractivity (Wildman–Crippen MR) is 208 cm³/mol. The van der Waals surface area contributed by atoms with Gasteiger partial charge >= 0.3 is 6.18 Å². The number of rotatable bonds is 15. The van der Waals surface area contributed by atoms with Crippen molar-refractivity contribution < 1.29 is 45.1 Å². The molecule has 0 radical (unpaired) electrons. The number of fused-ring (bicyclic) bond motifs is 1. The standard InChI is InChI=1S/C40H39ClF4N6O5S/c1-24-28(8-9-30(36(24)41)53-19-18-50-16-14-49(3)15-17-50)34-35-38(46-23-47-39(35)57-37(34)31-10-11-33(42)55-31)56-32(25(2)52)20-26-6-4-5-7-29(26)54-21-27-12-13-48-51(27)22-40(43,44)45/h4-13,23,32H,14-22H2,1-3H3/t32-/m1/s1/i20D,21D2/t20-,32+/m0. The third kappa shape index (κ3) is 9.41. The van der Waals surface area contributed by atoms with E-state index in [0.29, 0.717) is 53.8 Å². The third-order valence-corrected chi connectivity index (χ3v) is 10.9. The molecule has 2 atom stereocenters. The highest BCUT2D eigenvalue weighted by Gasteiger charge is 2.30. The molecule has 11 nitrogen and oxygen atoms in total. The molecule has 300 valence electrons. The molecular weight excluding hydrogens is 788 g/mol. The summed E-state index contributed by atoms with van der Waals surface area (Å²) < 4.78 is 105. The molecule has 0 aliphatic carbocycles. The number of carbonyl (C=O) groups excluding carboxylic acids is 1. The maximum Gasteiger partial charge on any atom is 0.408 e. The Kier molecular flexibility index (Phi) is 11.0. The molecule has 6 aromatic rings. The van der Waals surface area contributed by atoms with Gasteiger partial charge in [-0.3, -0.25) is 14.4 Å². The number of hydrogen-bond acceptors (Lipinski definition) is 11. The second-order valence-electron chi connectivity index (χ2n) is 13.4. The van der Waals surface area contributed by atoms with Crippen LogP contribution in [-0.4, -0.2) is 94.0 Å². The summed E-state index contributed by atoms with van der Waals surface area (Å²) in [5, 5.41) is 4.26. The smallest absolute Gasteiger partial charge is 0.408 e. The fourth-order valence-electron chi connectivity index (χ4n) is 6.31. The van der Waals surface area contributed by atoms with E-state index in [4.69, 9.17) is 33.0 Å². The number of ether oxygens (including phenoxy) is 3. The van der Waals surface area contributed by atoms with Crippen LogP contribution in [0.2, 0.25) is 5.02 Å². The average molecular weight is 830 g/mol. The topological polar surface area (TPSA) is 108 Å². The fraction of sp³-hybridized carbons (Fsp3) is 0.350. The van der Waals surface area contributed by atoms with Crippen molar-refractivity contribution in [3.63, 3.8) is 0 Å². The Morgan fingerprint density at radius 1 is 1.05 bits per heavy atom. The van der Waals surface area contributed by atoms with Crippen molar-refractivity contribution in [2.45, 2.75) is 45.6 Å². The summed E-state index contributed by atoms with van der Waals surface area (Å²) in [5.41, 5.74) is 1.12. The fourth-order valence-corrected chi connectivity index (χ4v) is 7.64. The molecule has 57 heavy (non-hydrogen) atoms. The van der Waals surface area contributed by atoms with Gasteiger partial charge in [0.2, 0.25) is 5.88 Å². The van der Waals surface area contributed by atoms with Crippen molar-refractivity contribution in [2.24, 2.45) is 0 Å². The monoisotopic (exact) mass is 829 g/mol. The zero-order valence-corrected chi connectivity index (χ0v) is 32.6. The van der Waals surface area contributed by atoms with Gasteiger partial charge in [-0.05, 0) is 61.9 Å². The summed E-state index contributed by atoms with van der Waals surface area (Å²) in [6.07, 6.45) is -5.60. The number of ketones is 1. The molecule has 0 unspecified atom stereocenters. The number of aromatic nitrogens is 4.